The lowest BCUT2D eigenvalue weighted by Crippen LogP contribution is -2.44. The van der Waals surface area contributed by atoms with Crippen LogP contribution in [0.5, 0.6) is 0 Å². The van der Waals surface area contributed by atoms with Crippen LogP contribution in [0.1, 0.15) is 30.5 Å². The third-order valence-electron chi connectivity index (χ3n) is 3.13. The summed E-state index contributed by atoms with van der Waals surface area (Å²) in [4.78, 5) is 4.20. The summed E-state index contributed by atoms with van der Waals surface area (Å²) >= 11 is 0. The predicted molar refractivity (Wildman–Crippen MR) is 65.2 cm³/mol. The molecule has 8 heteroatoms. The van der Waals surface area contributed by atoms with Crippen molar-refractivity contribution in [2.24, 2.45) is 0 Å². The molecule has 2 heterocycles. The highest BCUT2D eigenvalue weighted by atomic mass is 32.2. The first-order valence-corrected chi connectivity index (χ1v) is 7.29. The molecule has 0 atom stereocenters. The molecule has 0 spiro atoms. The van der Waals surface area contributed by atoms with Gasteiger partial charge in [-0.3, -0.25) is 0 Å². The van der Waals surface area contributed by atoms with Crippen LogP contribution in [0.2, 0.25) is 0 Å². The maximum atomic E-state index is 11.9. The van der Waals surface area contributed by atoms with E-state index in [4.69, 9.17) is 4.52 Å². The summed E-state index contributed by atoms with van der Waals surface area (Å²) in [5.74, 6) is 1.41. The van der Waals surface area contributed by atoms with E-state index in [1.807, 2.05) is 0 Å². The quantitative estimate of drug-likeness (QED) is 0.795. The van der Waals surface area contributed by atoms with E-state index in [0.29, 0.717) is 37.6 Å². The van der Waals surface area contributed by atoms with Gasteiger partial charge < -0.3 is 4.52 Å². The average molecular weight is 274 g/mol. The van der Waals surface area contributed by atoms with Gasteiger partial charge in [0.05, 0.1) is 0 Å². The maximum absolute atomic E-state index is 11.9. The Morgan fingerprint density at radius 3 is 2.39 bits per heavy atom. The van der Waals surface area contributed by atoms with Gasteiger partial charge in [-0.2, -0.15) is 22.0 Å². The van der Waals surface area contributed by atoms with Crippen LogP contribution in [0.3, 0.4) is 0 Å². The average Bonchev–Trinajstić information content (AvgIpc) is 2.76. The Labute approximate surface area is 107 Å². The molecule has 0 saturated carbocycles. The number of hydrogen-bond acceptors (Lipinski definition) is 5. The summed E-state index contributed by atoms with van der Waals surface area (Å²) in [5, 5.41) is 3.76. The number of piperidine rings is 1. The second-order valence-corrected chi connectivity index (χ2v) is 6.79. The van der Waals surface area contributed by atoms with Gasteiger partial charge >= 0.3 is 0 Å². The van der Waals surface area contributed by atoms with E-state index in [1.54, 1.807) is 21.0 Å². The molecule has 0 aromatic carbocycles. The van der Waals surface area contributed by atoms with E-state index < -0.39 is 10.2 Å². The van der Waals surface area contributed by atoms with Crippen molar-refractivity contribution in [3.63, 3.8) is 0 Å². The minimum atomic E-state index is -3.30. The van der Waals surface area contributed by atoms with Crippen LogP contribution in [0.4, 0.5) is 0 Å². The van der Waals surface area contributed by atoms with E-state index in [0.717, 1.165) is 0 Å². The fourth-order valence-corrected chi connectivity index (χ4v) is 3.18. The zero-order valence-electron chi connectivity index (χ0n) is 10.8. The van der Waals surface area contributed by atoms with E-state index in [2.05, 4.69) is 10.1 Å². The van der Waals surface area contributed by atoms with Gasteiger partial charge in [-0.05, 0) is 19.8 Å². The molecule has 0 bridgehead atoms. The first-order chi connectivity index (χ1) is 8.41. The van der Waals surface area contributed by atoms with Crippen LogP contribution in [-0.2, 0) is 10.2 Å². The van der Waals surface area contributed by atoms with Crippen LogP contribution < -0.4 is 0 Å². The summed E-state index contributed by atoms with van der Waals surface area (Å²) in [6.07, 6.45) is 1.43. The van der Waals surface area contributed by atoms with Crippen LogP contribution in [0.15, 0.2) is 4.52 Å². The van der Waals surface area contributed by atoms with Gasteiger partial charge in [0.1, 0.15) is 0 Å². The van der Waals surface area contributed by atoms with Gasteiger partial charge in [0, 0.05) is 33.1 Å². The molecule has 0 aliphatic carbocycles. The molecule has 0 radical (unpaired) electrons. The van der Waals surface area contributed by atoms with E-state index in [1.165, 1.54) is 8.61 Å². The maximum Gasteiger partial charge on any atom is 0.281 e. The molecule has 0 unspecified atom stereocenters. The summed E-state index contributed by atoms with van der Waals surface area (Å²) in [5.41, 5.74) is 0. The van der Waals surface area contributed by atoms with E-state index in [-0.39, 0.29) is 5.92 Å². The highest BCUT2D eigenvalue weighted by molar-refractivity contribution is 7.86. The van der Waals surface area contributed by atoms with Gasteiger partial charge in [-0.25, -0.2) is 0 Å². The van der Waals surface area contributed by atoms with Gasteiger partial charge in [-0.15, -0.1) is 0 Å². The van der Waals surface area contributed by atoms with Crippen LogP contribution in [-0.4, -0.2) is 54.4 Å². The lowest BCUT2D eigenvalue weighted by atomic mass is 9.98. The van der Waals surface area contributed by atoms with Crippen molar-refractivity contribution in [2.75, 3.05) is 27.2 Å². The number of rotatable bonds is 3. The SMILES string of the molecule is Cc1noc(C2CCN(S(=O)(=O)N(C)C)CC2)n1. The van der Waals surface area contributed by atoms with Gasteiger partial charge in [0.25, 0.3) is 10.2 Å². The third-order valence-corrected chi connectivity index (χ3v) is 5.07. The largest absolute Gasteiger partial charge is 0.339 e. The molecule has 0 N–H and O–H groups in total. The molecule has 1 aromatic rings. The Morgan fingerprint density at radius 2 is 1.94 bits per heavy atom. The second-order valence-electron chi connectivity index (χ2n) is 4.64. The minimum absolute atomic E-state index is 0.166. The van der Waals surface area contributed by atoms with E-state index in [9.17, 15) is 8.42 Å². The Kier molecular flexibility index (Phi) is 3.69. The minimum Gasteiger partial charge on any atom is -0.339 e. The Bertz CT molecular complexity index is 503. The Morgan fingerprint density at radius 1 is 1.33 bits per heavy atom. The molecule has 1 saturated heterocycles. The normalized spacial score (nSPS) is 19.6. The summed E-state index contributed by atoms with van der Waals surface area (Å²) in [6.45, 7) is 2.76. The van der Waals surface area contributed by atoms with Crippen molar-refractivity contribution in [2.45, 2.75) is 25.7 Å². The van der Waals surface area contributed by atoms with E-state index >= 15 is 0 Å². The molecular formula is C10H18N4O3S. The third kappa shape index (κ3) is 2.55. The monoisotopic (exact) mass is 274 g/mol. The lowest BCUT2D eigenvalue weighted by molar-refractivity contribution is 0.262. The number of hydrogen-bond donors (Lipinski definition) is 0. The first-order valence-electron chi connectivity index (χ1n) is 5.89. The van der Waals surface area contributed by atoms with Crippen molar-refractivity contribution >= 4 is 10.2 Å². The molecule has 7 nitrogen and oxygen atoms in total. The van der Waals surface area contributed by atoms with Crippen LogP contribution >= 0.6 is 0 Å². The summed E-state index contributed by atoms with van der Waals surface area (Å²) < 4.78 is 31.7. The molecule has 1 aliphatic heterocycles. The topological polar surface area (TPSA) is 79.5 Å². The molecule has 1 aliphatic rings. The second kappa shape index (κ2) is 4.94. The number of aryl methyl sites for hydroxylation is 1. The fourth-order valence-electron chi connectivity index (χ4n) is 2.04. The number of nitrogens with zero attached hydrogens (tertiary/aromatic N) is 4. The van der Waals surface area contributed by atoms with Gasteiger partial charge in [0.2, 0.25) is 5.89 Å². The van der Waals surface area contributed by atoms with Gasteiger partial charge in [0.15, 0.2) is 5.82 Å². The standard InChI is InChI=1S/C10H18N4O3S/c1-8-11-10(17-12-8)9-4-6-14(7-5-9)18(15,16)13(2)3/h9H,4-7H2,1-3H3. The molecule has 18 heavy (non-hydrogen) atoms. The molecule has 1 fully saturated rings. The zero-order chi connectivity index (χ0) is 13.3. The molecule has 2 rings (SSSR count). The summed E-state index contributed by atoms with van der Waals surface area (Å²) in [7, 11) is -0.211. The molecule has 1 aromatic heterocycles. The molecule has 0 amide bonds. The highest BCUT2D eigenvalue weighted by Crippen LogP contribution is 2.28. The molecular weight excluding hydrogens is 256 g/mol. The Hall–Kier alpha value is -0.990. The van der Waals surface area contributed by atoms with Crippen molar-refractivity contribution in [1.29, 1.82) is 0 Å². The summed E-state index contributed by atoms with van der Waals surface area (Å²) in [6, 6.07) is 0. The number of aromatic nitrogens is 2. The van der Waals surface area contributed by atoms with Crippen LogP contribution in [0, 0.1) is 6.92 Å². The van der Waals surface area contributed by atoms with Crippen molar-refractivity contribution in [1.82, 2.24) is 18.8 Å². The highest BCUT2D eigenvalue weighted by Gasteiger charge is 2.31. The smallest absolute Gasteiger partial charge is 0.281 e. The van der Waals surface area contributed by atoms with Crippen molar-refractivity contribution < 1.29 is 12.9 Å². The van der Waals surface area contributed by atoms with Crippen molar-refractivity contribution in [3.05, 3.63) is 11.7 Å². The zero-order valence-corrected chi connectivity index (χ0v) is 11.6. The lowest BCUT2D eigenvalue weighted by Gasteiger charge is -2.31. The van der Waals surface area contributed by atoms with Crippen LogP contribution in [0.25, 0.3) is 0 Å². The predicted octanol–water partition coefficient (Wildman–Crippen LogP) is 0.364. The molecule has 102 valence electrons. The first kappa shape index (κ1) is 13.4. The Balaban J connectivity index is 2.01. The fraction of sp³-hybridized carbons (Fsp3) is 0.800. The van der Waals surface area contributed by atoms with Crippen molar-refractivity contribution in [3.8, 4) is 0 Å². The van der Waals surface area contributed by atoms with Gasteiger partial charge in [-0.1, -0.05) is 5.16 Å².